The zero-order valence-electron chi connectivity index (χ0n) is 13.9. The third-order valence-electron chi connectivity index (χ3n) is 3.52. The van der Waals surface area contributed by atoms with E-state index in [1.165, 1.54) is 40.7 Å². The van der Waals surface area contributed by atoms with Crippen LogP contribution < -0.4 is 15.3 Å². The number of aromatic nitrogens is 3. The van der Waals surface area contributed by atoms with E-state index in [-0.39, 0.29) is 12.4 Å². The first-order valence-electron chi connectivity index (χ1n) is 7.60. The van der Waals surface area contributed by atoms with Gasteiger partial charge in [0.25, 0.3) is 0 Å². The zero-order valence-corrected chi connectivity index (χ0v) is 15.4. The maximum absolute atomic E-state index is 12.9. The molecule has 0 atom stereocenters. The summed E-state index contributed by atoms with van der Waals surface area (Å²) >= 11 is 7.44. The molecule has 0 unspecified atom stereocenters. The molecule has 0 bridgehead atoms. The number of ether oxygens (including phenoxy) is 2. The lowest BCUT2D eigenvalue weighted by atomic mass is 10.2. The summed E-state index contributed by atoms with van der Waals surface area (Å²) < 4.78 is 25.1. The number of nitrogens with two attached hydrogens (primary N) is 1. The molecule has 26 heavy (non-hydrogen) atoms. The quantitative estimate of drug-likeness (QED) is 0.487. The average Bonchev–Trinajstić information content (AvgIpc) is 2.99. The Hall–Kier alpha value is -2.45. The normalized spacial score (nSPS) is 10.7. The molecule has 136 valence electrons. The van der Waals surface area contributed by atoms with Crippen molar-refractivity contribution < 1.29 is 13.9 Å². The van der Waals surface area contributed by atoms with Crippen molar-refractivity contribution in [1.82, 2.24) is 14.9 Å². The van der Waals surface area contributed by atoms with Gasteiger partial charge in [-0.15, -0.1) is 10.2 Å². The molecule has 0 aliphatic heterocycles. The summed E-state index contributed by atoms with van der Waals surface area (Å²) in [5.74, 6) is 7.99. The molecule has 2 aromatic carbocycles. The van der Waals surface area contributed by atoms with Gasteiger partial charge in [-0.2, -0.15) is 0 Å². The van der Waals surface area contributed by atoms with Crippen LogP contribution in [0.15, 0.2) is 47.6 Å². The van der Waals surface area contributed by atoms with E-state index < -0.39 is 0 Å². The van der Waals surface area contributed by atoms with Crippen LogP contribution in [0.5, 0.6) is 11.5 Å². The Balaban J connectivity index is 1.63. The maximum Gasteiger partial charge on any atom is 0.210 e. The van der Waals surface area contributed by atoms with Crippen molar-refractivity contribution >= 4 is 23.4 Å². The number of rotatable bonds is 7. The molecule has 2 N–H and O–H groups in total. The molecule has 3 aromatic rings. The van der Waals surface area contributed by atoms with E-state index in [4.69, 9.17) is 26.9 Å². The Labute approximate surface area is 159 Å². The van der Waals surface area contributed by atoms with E-state index in [9.17, 15) is 4.39 Å². The third-order valence-corrected chi connectivity index (χ3v) is 4.74. The van der Waals surface area contributed by atoms with Crippen LogP contribution in [0, 0.1) is 5.82 Å². The molecule has 0 aliphatic rings. The van der Waals surface area contributed by atoms with Crippen LogP contribution >= 0.6 is 23.4 Å². The fraction of sp³-hybridized carbons (Fsp3) is 0.176. The highest BCUT2D eigenvalue weighted by Crippen LogP contribution is 2.29. The van der Waals surface area contributed by atoms with E-state index in [1.807, 2.05) is 12.1 Å². The van der Waals surface area contributed by atoms with Crippen LogP contribution in [0.3, 0.4) is 0 Å². The van der Waals surface area contributed by atoms with Gasteiger partial charge < -0.3 is 15.3 Å². The minimum Gasteiger partial charge on any atom is -0.496 e. The molecule has 0 aliphatic carbocycles. The summed E-state index contributed by atoms with van der Waals surface area (Å²) in [6, 6.07) is 11.1. The fourth-order valence-corrected chi connectivity index (χ4v) is 3.23. The van der Waals surface area contributed by atoms with Crippen LogP contribution in [0.1, 0.15) is 11.4 Å². The summed E-state index contributed by atoms with van der Waals surface area (Å²) in [4.78, 5) is 0. The largest absolute Gasteiger partial charge is 0.496 e. The van der Waals surface area contributed by atoms with Gasteiger partial charge in [-0.25, -0.2) is 9.07 Å². The summed E-state index contributed by atoms with van der Waals surface area (Å²) in [5, 5.41) is 9.26. The maximum atomic E-state index is 12.9. The lowest BCUT2D eigenvalue weighted by Crippen LogP contribution is -2.15. The SMILES string of the molecule is COc1ccc(Cl)cc1CSc1nnc(COc2ccc(F)cc2)n1N. The van der Waals surface area contributed by atoms with Gasteiger partial charge in [0, 0.05) is 16.3 Å². The topological polar surface area (TPSA) is 75.2 Å². The first-order chi connectivity index (χ1) is 12.6. The van der Waals surface area contributed by atoms with Gasteiger partial charge in [0.05, 0.1) is 7.11 Å². The Morgan fingerprint density at radius 2 is 1.96 bits per heavy atom. The van der Waals surface area contributed by atoms with Crippen molar-refractivity contribution in [2.24, 2.45) is 0 Å². The second-order valence-corrected chi connectivity index (χ2v) is 6.64. The van der Waals surface area contributed by atoms with Gasteiger partial charge in [0.15, 0.2) is 5.82 Å². The molecule has 0 spiro atoms. The van der Waals surface area contributed by atoms with Crippen LogP contribution in [0.25, 0.3) is 0 Å². The molecule has 0 amide bonds. The number of thioether (sulfide) groups is 1. The first-order valence-corrected chi connectivity index (χ1v) is 8.96. The van der Waals surface area contributed by atoms with Crippen LogP contribution in [-0.4, -0.2) is 22.0 Å². The monoisotopic (exact) mass is 394 g/mol. The number of halogens is 2. The van der Waals surface area contributed by atoms with E-state index >= 15 is 0 Å². The van der Waals surface area contributed by atoms with Gasteiger partial charge in [-0.3, -0.25) is 0 Å². The van der Waals surface area contributed by atoms with Gasteiger partial charge in [-0.05, 0) is 42.5 Å². The minimum absolute atomic E-state index is 0.121. The van der Waals surface area contributed by atoms with Crippen molar-refractivity contribution in [2.45, 2.75) is 17.5 Å². The lowest BCUT2D eigenvalue weighted by Gasteiger charge is -2.09. The van der Waals surface area contributed by atoms with Crippen molar-refractivity contribution in [3.63, 3.8) is 0 Å². The molecule has 0 saturated carbocycles. The van der Waals surface area contributed by atoms with Crippen molar-refractivity contribution in [3.8, 4) is 11.5 Å². The second-order valence-electron chi connectivity index (χ2n) is 5.26. The smallest absolute Gasteiger partial charge is 0.210 e. The van der Waals surface area contributed by atoms with Gasteiger partial charge in [0.2, 0.25) is 5.16 Å². The van der Waals surface area contributed by atoms with E-state index in [2.05, 4.69) is 10.2 Å². The number of nitrogens with zero attached hydrogens (tertiary/aromatic N) is 3. The van der Waals surface area contributed by atoms with Crippen molar-refractivity contribution in [3.05, 3.63) is 64.7 Å². The highest BCUT2D eigenvalue weighted by Gasteiger charge is 2.13. The number of hydrogen-bond donors (Lipinski definition) is 1. The second kappa shape index (κ2) is 8.29. The zero-order chi connectivity index (χ0) is 18.5. The summed E-state index contributed by atoms with van der Waals surface area (Å²) in [6.07, 6.45) is 0. The number of benzene rings is 2. The van der Waals surface area contributed by atoms with E-state index in [1.54, 1.807) is 13.2 Å². The van der Waals surface area contributed by atoms with Crippen LogP contribution in [0.4, 0.5) is 4.39 Å². The average molecular weight is 395 g/mol. The standard InChI is InChI=1S/C17H16ClFN4O2S/c1-24-15-7-2-12(18)8-11(15)10-26-17-22-21-16(23(17)20)9-25-14-5-3-13(19)4-6-14/h2-8H,9-10,20H2,1H3. The summed E-state index contributed by atoms with van der Waals surface area (Å²) in [5.41, 5.74) is 0.928. The number of hydrogen-bond acceptors (Lipinski definition) is 6. The molecule has 0 saturated heterocycles. The number of nitrogen functional groups attached to an aromatic ring is 1. The molecule has 1 aromatic heterocycles. The van der Waals surface area contributed by atoms with Gasteiger partial charge in [-0.1, -0.05) is 23.4 Å². The molecule has 6 nitrogen and oxygen atoms in total. The lowest BCUT2D eigenvalue weighted by molar-refractivity contribution is 0.291. The van der Waals surface area contributed by atoms with Crippen molar-refractivity contribution in [1.29, 1.82) is 0 Å². The predicted molar refractivity (Wildman–Crippen MR) is 98.5 cm³/mol. The van der Waals surface area contributed by atoms with Gasteiger partial charge in [0.1, 0.15) is 23.9 Å². The Morgan fingerprint density at radius 3 is 2.69 bits per heavy atom. The van der Waals surface area contributed by atoms with Crippen LogP contribution in [0.2, 0.25) is 5.02 Å². The van der Waals surface area contributed by atoms with E-state index in [0.29, 0.717) is 27.5 Å². The van der Waals surface area contributed by atoms with Crippen LogP contribution in [-0.2, 0) is 12.4 Å². The Kier molecular flexibility index (Phi) is 5.85. The van der Waals surface area contributed by atoms with Crippen molar-refractivity contribution in [2.75, 3.05) is 13.0 Å². The molecule has 3 rings (SSSR count). The minimum atomic E-state index is -0.325. The summed E-state index contributed by atoms with van der Waals surface area (Å²) in [7, 11) is 1.60. The molecule has 0 radical (unpaired) electrons. The summed E-state index contributed by atoms with van der Waals surface area (Å²) in [6.45, 7) is 0.121. The molecular formula is C17H16ClFN4O2S. The predicted octanol–water partition coefficient (Wildman–Crippen LogP) is 3.66. The molecule has 0 fully saturated rings. The molecule has 9 heteroatoms. The Morgan fingerprint density at radius 1 is 1.19 bits per heavy atom. The van der Waals surface area contributed by atoms with E-state index in [0.717, 1.165) is 11.3 Å². The fourth-order valence-electron chi connectivity index (χ4n) is 2.19. The molecule has 1 heterocycles. The first kappa shape index (κ1) is 18.3. The van der Waals surface area contributed by atoms with Gasteiger partial charge >= 0.3 is 0 Å². The molecular weight excluding hydrogens is 379 g/mol. The Bertz CT molecular complexity index is 889. The third kappa shape index (κ3) is 4.39. The number of methoxy groups -OCH3 is 1. The highest BCUT2D eigenvalue weighted by molar-refractivity contribution is 7.98. The highest BCUT2D eigenvalue weighted by atomic mass is 35.5.